The number of aromatic hydroxyl groups is 1. The van der Waals surface area contributed by atoms with Gasteiger partial charge in [0.2, 0.25) is 5.82 Å². The molecule has 1 aliphatic rings. The number of benzene rings is 1. The van der Waals surface area contributed by atoms with Gasteiger partial charge < -0.3 is 19.6 Å². The first-order valence-corrected chi connectivity index (χ1v) is 12.6. The van der Waals surface area contributed by atoms with E-state index in [1.54, 1.807) is 12.1 Å². The Morgan fingerprint density at radius 2 is 2.05 bits per heavy atom. The van der Waals surface area contributed by atoms with E-state index < -0.39 is 23.2 Å². The molecule has 200 valence electrons. The Hall–Kier alpha value is -3.62. The number of aromatic nitrogens is 2. The first-order chi connectivity index (χ1) is 17.6. The molecule has 0 fully saturated rings. The first-order valence-electron chi connectivity index (χ1n) is 12.6. The molecular formula is C28H35FN2O6. The molecule has 37 heavy (non-hydrogen) atoms. The van der Waals surface area contributed by atoms with Crippen LogP contribution in [0.25, 0.3) is 0 Å². The quantitative estimate of drug-likeness (QED) is 0.192. The number of carbonyl (C=O) groups excluding carboxylic acids is 1. The summed E-state index contributed by atoms with van der Waals surface area (Å²) in [4.78, 5) is 38.4. The standard InChI is InChI=1S/C28H35FN2O6/c1-5-6-7-8-19-14-23(32)25(21-13-18(4)9-10-20(21)17(2)3)24(15-19)37-28(35)36-12-11-31-26(33)22(29)16-30-27(31)34/h13-16,20-21,32H,2,5-12H2,1,3-4H3,(H,30,34)/t20-,21+/m0/s1. The molecule has 0 amide bonds. The van der Waals surface area contributed by atoms with E-state index in [2.05, 4.69) is 24.6 Å². The molecule has 0 radical (unpaired) electrons. The average molecular weight is 515 g/mol. The number of allylic oxidation sites excluding steroid dienone is 3. The number of H-pyrrole nitrogens is 1. The molecule has 1 aromatic heterocycles. The third kappa shape index (κ3) is 6.99. The number of phenolic OH excluding ortho intramolecular Hbond substituents is 1. The third-order valence-corrected chi connectivity index (χ3v) is 6.71. The molecule has 0 spiro atoms. The summed E-state index contributed by atoms with van der Waals surface area (Å²) >= 11 is 0. The Bertz CT molecular complexity index is 1290. The van der Waals surface area contributed by atoms with E-state index >= 15 is 0 Å². The maximum atomic E-state index is 13.5. The number of ether oxygens (including phenoxy) is 2. The van der Waals surface area contributed by atoms with Crippen LogP contribution in [0, 0.1) is 11.7 Å². The summed E-state index contributed by atoms with van der Waals surface area (Å²) < 4.78 is 24.8. The third-order valence-electron chi connectivity index (χ3n) is 6.71. The lowest BCUT2D eigenvalue weighted by atomic mass is 9.73. The lowest BCUT2D eigenvalue weighted by Crippen LogP contribution is -2.37. The van der Waals surface area contributed by atoms with Gasteiger partial charge in [0.15, 0.2) is 0 Å². The van der Waals surface area contributed by atoms with Crippen molar-refractivity contribution in [1.29, 1.82) is 0 Å². The molecule has 0 unspecified atom stereocenters. The first kappa shape index (κ1) is 28.0. The Morgan fingerprint density at radius 3 is 2.76 bits per heavy atom. The summed E-state index contributed by atoms with van der Waals surface area (Å²) in [6, 6.07) is 3.47. The van der Waals surface area contributed by atoms with Crippen molar-refractivity contribution >= 4 is 6.16 Å². The summed E-state index contributed by atoms with van der Waals surface area (Å²) in [6.07, 6.45) is 7.18. The molecule has 2 atom stereocenters. The molecule has 8 nitrogen and oxygen atoms in total. The van der Waals surface area contributed by atoms with Crippen LogP contribution in [0.5, 0.6) is 11.5 Å². The number of aryl methyl sites for hydroxylation is 1. The molecular weight excluding hydrogens is 479 g/mol. The van der Waals surface area contributed by atoms with Gasteiger partial charge in [-0.2, -0.15) is 4.39 Å². The molecule has 1 aliphatic carbocycles. The van der Waals surface area contributed by atoms with Crippen LogP contribution >= 0.6 is 0 Å². The Kier molecular flexibility index (Phi) is 9.49. The van der Waals surface area contributed by atoms with E-state index in [0.717, 1.165) is 43.2 Å². The highest BCUT2D eigenvalue weighted by Crippen LogP contribution is 2.47. The molecule has 0 bridgehead atoms. The molecule has 0 saturated heterocycles. The second-order valence-electron chi connectivity index (χ2n) is 9.61. The molecule has 0 aliphatic heterocycles. The number of nitrogens with one attached hydrogen (secondary N) is 1. The Morgan fingerprint density at radius 1 is 1.30 bits per heavy atom. The van der Waals surface area contributed by atoms with Crippen LogP contribution in [-0.2, 0) is 17.7 Å². The topological polar surface area (TPSA) is 111 Å². The molecule has 2 aromatic rings. The average Bonchev–Trinajstić information content (AvgIpc) is 2.83. The van der Waals surface area contributed by atoms with Gasteiger partial charge in [0, 0.05) is 17.7 Å². The van der Waals surface area contributed by atoms with Gasteiger partial charge in [0.1, 0.15) is 18.1 Å². The molecule has 2 N–H and O–H groups in total. The van der Waals surface area contributed by atoms with Gasteiger partial charge in [-0.15, -0.1) is 0 Å². The van der Waals surface area contributed by atoms with Crippen molar-refractivity contribution in [3.63, 3.8) is 0 Å². The molecule has 0 saturated carbocycles. The lowest BCUT2D eigenvalue weighted by molar-refractivity contribution is 0.0944. The largest absolute Gasteiger partial charge is 0.513 e. The van der Waals surface area contributed by atoms with Crippen molar-refractivity contribution in [2.45, 2.75) is 71.8 Å². The van der Waals surface area contributed by atoms with Gasteiger partial charge >= 0.3 is 11.8 Å². The number of carbonyl (C=O) groups is 1. The van der Waals surface area contributed by atoms with Crippen LogP contribution in [0.15, 0.2) is 51.7 Å². The van der Waals surface area contributed by atoms with Crippen molar-refractivity contribution in [3.8, 4) is 11.5 Å². The summed E-state index contributed by atoms with van der Waals surface area (Å²) in [5.74, 6) is -1.06. The number of phenols is 1. The van der Waals surface area contributed by atoms with Crippen LogP contribution < -0.4 is 16.0 Å². The fourth-order valence-corrected chi connectivity index (χ4v) is 4.75. The monoisotopic (exact) mass is 514 g/mol. The van der Waals surface area contributed by atoms with Gasteiger partial charge in [-0.3, -0.25) is 9.36 Å². The number of aromatic amines is 1. The van der Waals surface area contributed by atoms with E-state index in [1.165, 1.54) is 5.57 Å². The van der Waals surface area contributed by atoms with Crippen LogP contribution in [-0.4, -0.2) is 27.4 Å². The van der Waals surface area contributed by atoms with Gasteiger partial charge in [0.05, 0.1) is 6.54 Å². The predicted octanol–water partition coefficient (Wildman–Crippen LogP) is 5.35. The molecule has 3 rings (SSSR count). The predicted molar refractivity (Wildman–Crippen MR) is 139 cm³/mol. The minimum absolute atomic E-state index is 0.0387. The summed E-state index contributed by atoms with van der Waals surface area (Å²) in [7, 11) is 0. The fraction of sp³-hybridized carbons (Fsp3) is 0.464. The van der Waals surface area contributed by atoms with E-state index in [-0.39, 0.29) is 36.5 Å². The maximum absolute atomic E-state index is 13.5. The number of nitrogens with zero attached hydrogens (tertiary/aromatic N) is 1. The smallest absolute Gasteiger partial charge is 0.507 e. The highest BCUT2D eigenvalue weighted by atomic mass is 19.1. The van der Waals surface area contributed by atoms with Crippen molar-refractivity contribution in [1.82, 2.24) is 9.55 Å². The summed E-state index contributed by atoms with van der Waals surface area (Å²) in [5, 5.41) is 11.1. The van der Waals surface area contributed by atoms with Crippen LogP contribution in [0.2, 0.25) is 0 Å². The van der Waals surface area contributed by atoms with E-state index in [1.807, 2.05) is 13.8 Å². The zero-order valence-corrected chi connectivity index (χ0v) is 21.6. The molecule has 1 heterocycles. The van der Waals surface area contributed by atoms with Crippen molar-refractivity contribution in [2.75, 3.05) is 6.61 Å². The number of hydrogen-bond acceptors (Lipinski definition) is 6. The number of hydrogen-bond donors (Lipinski definition) is 2. The van der Waals surface area contributed by atoms with Crippen molar-refractivity contribution < 1.29 is 23.8 Å². The van der Waals surface area contributed by atoms with Crippen molar-refractivity contribution in [2.24, 2.45) is 5.92 Å². The highest BCUT2D eigenvalue weighted by molar-refractivity contribution is 5.66. The maximum Gasteiger partial charge on any atom is 0.513 e. The molecule has 1 aromatic carbocycles. The van der Waals surface area contributed by atoms with E-state index in [9.17, 15) is 23.9 Å². The second-order valence-corrected chi connectivity index (χ2v) is 9.61. The minimum atomic E-state index is -1.12. The zero-order valence-electron chi connectivity index (χ0n) is 21.6. The van der Waals surface area contributed by atoms with E-state index in [4.69, 9.17) is 9.47 Å². The van der Waals surface area contributed by atoms with Crippen LogP contribution in [0.3, 0.4) is 0 Å². The minimum Gasteiger partial charge on any atom is -0.507 e. The summed E-state index contributed by atoms with van der Waals surface area (Å²) in [6.45, 7) is 9.48. The Labute approximate surface area is 215 Å². The highest BCUT2D eigenvalue weighted by Gasteiger charge is 2.31. The fourth-order valence-electron chi connectivity index (χ4n) is 4.75. The van der Waals surface area contributed by atoms with Crippen LogP contribution in [0.1, 0.15) is 69.9 Å². The SMILES string of the molecule is C=C(C)[C@@H]1CCC(C)=C[C@H]1c1c(O)cc(CCCCC)cc1OC(=O)OCCn1c(=O)[nH]cc(F)c1=O. The van der Waals surface area contributed by atoms with Gasteiger partial charge in [-0.1, -0.05) is 43.6 Å². The van der Waals surface area contributed by atoms with Gasteiger partial charge in [0.25, 0.3) is 5.56 Å². The van der Waals surface area contributed by atoms with Crippen molar-refractivity contribution in [3.05, 3.63) is 79.9 Å². The molecule has 9 heteroatoms. The number of unbranched alkanes of at least 4 members (excludes halogenated alkanes) is 2. The Balaban J connectivity index is 1.86. The normalized spacial score (nSPS) is 17.2. The number of halogens is 1. The van der Waals surface area contributed by atoms with Gasteiger partial charge in [-0.05, 0) is 63.1 Å². The number of rotatable bonds is 10. The lowest BCUT2D eigenvalue weighted by Gasteiger charge is -2.32. The van der Waals surface area contributed by atoms with Crippen LogP contribution in [0.4, 0.5) is 9.18 Å². The van der Waals surface area contributed by atoms with Gasteiger partial charge in [-0.25, -0.2) is 9.59 Å². The zero-order chi connectivity index (χ0) is 27.1. The van der Waals surface area contributed by atoms with E-state index in [0.29, 0.717) is 22.7 Å². The second kappa shape index (κ2) is 12.6. The summed E-state index contributed by atoms with van der Waals surface area (Å²) in [5.41, 5.74) is 1.53.